The van der Waals surface area contributed by atoms with Crippen molar-refractivity contribution in [3.05, 3.63) is 29.8 Å². The number of ether oxygens (including phenoxy) is 1. The Morgan fingerprint density at radius 2 is 1.84 bits per heavy atom. The molecule has 0 spiro atoms. The Balaban J connectivity index is 3.04. The number of sulfonamides is 1. The number of methoxy groups -OCH3 is 1. The lowest BCUT2D eigenvalue weighted by Crippen LogP contribution is -2.39. The lowest BCUT2D eigenvalue weighted by molar-refractivity contribution is 0.171. The number of aliphatic hydroxyl groups is 1. The average Bonchev–Trinajstić information content (AvgIpc) is 2.38. The molecule has 5 nitrogen and oxygen atoms in total. The Morgan fingerprint density at radius 1 is 1.26 bits per heavy atom. The van der Waals surface area contributed by atoms with Crippen molar-refractivity contribution >= 4 is 10.0 Å². The first kappa shape index (κ1) is 16.1. The summed E-state index contributed by atoms with van der Waals surface area (Å²) in [6.45, 7) is 4.23. The van der Waals surface area contributed by atoms with E-state index in [2.05, 4.69) is 0 Å². The molecule has 0 unspecified atom stereocenters. The number of aliphatic hydroxyl groups excluding tert-OH is 1. The summed E-state index contributed by atoms with van der Waals surface area (Å²) < 4.78 is 31.3. The highest BCUT2D eigenvalue weighted by Crippen LogP contribution is 2.18. The fourth-order valence-corrected chi connectivity index (χ4v) is 3.36. The van der Waals surface area contributed by atoms with Crippen molar-refractivity contribution in [2.45, 2.75) is 31.4 Å². The van der Waals surface area contributed by atoms with Gasteiger partial charge in [-0.1, -0.05) is 12.1 Å². The summed E-state index contributed by atoms with van der Waals surface area (Å²) in [5.41, 5.74) is 0.687. The minimum Gasteiger partial charge on any atom is -0.392 e. The lowest BCUT2D eigenvalue weighted by Gasteiger charge is -2.25. The van der Waals surface area contributed by atoms with Gasteiger partial charge in [0.15, 0.2) is 0 Å². The molecule has 0 aromatic heterocycles. The highest BCUT2D eigenvalue weighted by molar-refractivity contribution is 7.89. The van der Waals surface area contributed by atoms with Crippen LogP contribution in [0.4, 0.5) is 0 Å². The maximum atomic E-state index is 12.5. The summed E-state index contributed by atoms with van der Waals surface area (Å²) in [5.74, 6) is 0. The van der Waals surface area contributed by atoms with Crippen molar-refractivity contribution in [1.82, 2.24) is 4.31 Å². The van der Waals surface area contributed by atoms with Crippen LogP contribution in [-0.4, -0.2) is 44.1 Å². The van der Waals surface area contributed by atoms with Gasteiger partial charge in [0.05, 0.1) is 18.1 Å². The number of nitrogens with zero attached hydrogens (tertiary/aromatic N) is 1. The normalized spacial score (nSPS) is 12.3. The molecule has 0 saturated carbocycles. The predicted octanol–water partition coefficient (Wildman–Crippen LogP) is 1.22. The van der Waals surface area contributed by atoms with Gasteiger partial charge in [-0.3, -0.25) is 0 Å². The molecule has 1 rings (SSSR count). The summed E-state index contributed by atoms with van der Waals surface area (Å²) in [6.07, 6.45) is 0. The van der Waals surface area contributed by atoms with E-state index in [0.29, 0.717) is 18.7 Å². The van der Waals surface area contributed by atoms with Gasteiger partial charge in [-0.05, 0) is 31.5 Å². The van der Waals surface area contributed by atoms with Gasteiger partial charge in [-0.2, -0.15) is 4.31 Å². The molecule has 0 saturated heterocycles. The Labute approximate surface area is 114 Å². The van der Waals surface area contributed by atoms with Crippen LogP contribution in [0.5, 0.6) is 0 Å². The van der Waals surface area contributed by atoms with E-state index < -0.39 is 10.0 Å². The van der Waals surface area contributed by atoms with Crippen LogP contribution >= 0.6 is 0 Å². The van der Waals surface area contributed by atoms with Crippen LogP contribution in [0.3, 0.4) is 0 Å². The minimum atomic E-state index is -3.53. The largest absolute Gasteiger partial charge is 0.392 e. The molecule has 0 radical (unpaired) electrons. The summed E-state index contributed by atoms with van der Waals surface area (Å²) in [5, 5.41) is 8.97. The van der Waals surface area contributed by atoms with Crippen molar-refractivity contribution in [1.29, 1.82) is 0 Å². The standard InChI is InChI=1S/C13H21NO4S/c1-11(2)14(8-9-18-3)19(16,17)13-6-4-12(10-15)5-7-13/h4-7,11,15H,8-10H2,1-3H3. The Bertz CT molecular complexity index is 482. The van der Waals surface area contributed by atoms with E-state index in [4.69, 9.17) is 9.84 Å². The van der Waals surface area contributed by atoms with Crippen LogP contribution < -0.4 is 0 Å². The molecule has 0 amide bonds. The molecule has 108 valence electrons. The smallest absolute Gasteiger partial charge is 0.243 e. The maximum absolute atomic E-state index is 12.5. The van der Waals surface area contributed by atoms with Crippen LogP contribution in [0.2, 0.25) is 0 Å². The third-order valence-electron chi connectivity index (χ3n) is 2.80. The summed E-state index contributed by atoms with van der Waals surface area (Å²) in [4.78, 5) is 0.231. The first-order valence-corrected chi connectivity index (χ1v) is 7.58. The van der Waals surface area contributed by atoms with Gasteiger partial charge in [-0.25, -0.2) is 8.42 Å². The molecule has 0 fully saturated rings. The first-order chi connectivity index (χ1) is 8.93. The fourth-order valence-electron chi connectivity index (χ4n) is 1.74. The van der Waals surface area contributed by atoms with E-state index in [0.717, 1.165) is 0 Å². The number of benzene rings is 1. The van der Waals surface area contributed by atoms with Crippen molar-refractivity contribution < 1.29 is 18.3 Å². The molecular formula is C13H21NO4S. The second-order valence-corrected chi connectivity index (χ2v) is 6.39. The summed E-state index contributed by atoms with van der Waals surface area (Å²) in [6, 6.07) is 6.12. The third kappa shape index (κ3) is 4.01. The predicted molar refractivity (Wildman–Crippen MR) is 73.3 cm³/mol. The molecule has 6 heteroatoms. The molecule has 1 N–H and O–H groups in total. The van der Waals surface area contributed by atoms with E-state index in [1.165, 1.54) is 16.4 Å². The second-order valence-electron chi connectivity index (χ2n) is 4.50. The molecule has 19 heavy (non-hydrogen) atoms. The van der Waals surface area contributed by atoms with Gasteiger partial charge in [0, 0.05) is 19.7 Å². The average molecular weight is 287 g/mol. The first-order valence-electron chi connectivity index (χ1n) is 6.14. The zero-order valence-electron chi connectivity index (χ0n) is 11.5. The van der Waals surface area contributed by atoms with Crippen molar-refractivity contribution in [2.24, 2.45) is 0 Å². The molecule has 0 bridgehead atoms. The molecule has 0 aliphatic heterocycles. The van der Waals surface area contributed by atoms with Crippen molar-refractivity contribution in [3.8, 4) is 0 Å². The Hall–Kier alpha value is -0.950. The quantitative estimate of drug-likeness (QED) is 0.819. The molecule has 1 aromatic carbocycles. The van der Waals surface area contributed by atoms with Crippen molar-refractivity contribution in [2.75, 3.05) is 20.3 Å². The molecule has 0 aliphatic rings. The molecule has 1 aromatic rings. The van der Waals surface area contributed by atoms with Gasteiger partial charge in [0.25, 0.3) is 0 Å². The van der Waals surface area contributed by atoms with Gasteiger partial charge in [-0.15, -0.1) is 0 Å². The summed E-state index contributed by atoms with van der Waals surface area (Å²) in [7, 11) is -1.98. The third-order valence-corrected chi connectivity index (χ3v) is 4.89. The number of hydrogen-bond acceptors (Lipinski definition) is 4. The lowest BCUT2D eigenvalue weighted by atomic mass is 10.2. The van der Waals surface area contributed by atoms with Crippen LogP contribution in [0, 0.1) is 0 Å². The number of rotatable bonds is 7. The van der Waals surface area contributed by atoms with Crippen LogP contribution in [0.15, 0.2) is 29.2 Å². The van der Waals surface area contributed by atoms with Gasteiger partial charge in [0.2, 0.25) is 10.0 Å². The van der Waals surface area contributed by atoms with Crippen LogP contribution in [0.1, 0.15) is 19.4 Å². The van der Waals surface area contributed by atoms with Crippen LogP contribution in [0.25, 0.3) is 0 Å². The van der Waals surface area contributed by atoms with Gasteiger partial charge in [0.1, 0.15) is 0 Å². The summed E-state index contributed by atoms with van der Waals surface area (Å²) >= 11 is 0. The fraction of sp³-hybridized carbons (Fsp3) is 0.538. The zero-order valence-corrected chi connectivity index (χ0v) is 12.4. The van der Waals surface area contributed by atoms with E-state index in [9.17, 15) is 8.42 Å². The van der Waals surface area contributed by atoms with E-state index in [-0.39, 0.29) is 17.5 Å². The topological polar surface area (TPSA) is 66.8 Å². The van der Waals surface area contributed by atoms with Gasteiger partial charge < -0.3 is 9.84 Å². The molecular weight excluding hydrogens is 266 g/mol. The monoisotopic (exact) mass is 287 g/mol. The zero-order chi connectivity index (χ0) is 14.5. The maximum Gasteiger partial charge on any atom is 0.243 e. The number of hydrogen-bond donors (Lipinski definition) is 1. The Kier molecular flexibility index (Phi) is 5.93. The Morgan fingerprint density at radius 3 is 2.26 bits per heavy atom. The minimum absolute atomic E-state index is 0.0993. The van der Waals surface area contributed by atoms with Crippen LogP contribution in [-0.2, 0) is 21.4 Å². The van der Waals surface area contributed by atoms with E-state index in [1.807, 2.05) is 13.8 Å². The SMILES string of the molecule is COCCN(C(C)C)S(=O)(=O)c1ccc(CO)cc1. The van der Waals surface area contributed by atoms with E-state index >= 15 is 0 Å². The molecule has 0 aliphatic carbocycles. The molecule has 0 heterocycles. The highest BCUT2D eigenvalue weighted by Gasteiger charge is 2.26. The second kappa shape index (κ2) is 7.00. The van der Waals surface area contributed by atoms with Gasteiger partial charge >= 0.3 is 0 Å². The highest BCUT2D eigenvalue weighted by atomic mass is 32.2. The molecule has 0 atom stereocenters. The van der Waals surface area contributed by atoms with Crippen molar-refractivity contribution in [3.63, 3.8) is 0 Å². The van der Waals surface area contributed by atoms with E-state index in [1.54, 1.807) is 19.2 Å².